The van der Waals surface area contributed by atoms with Crippen molar-refractivity contribution in [3.8, 4) is 0 Å². The lowest BCUT2D eigenvalue weighted by molar-refractivity contribution is -0.147. The average Bonchev–Trinajstić information content (AvgIpc) is 2.35. The Hall–Kier alpha value is -0.650. The quantitative estimate of drug-likeness (QED) is 0.683. The highest BCUT2D eigenvalue weighted by Gasteiger charge is 2.27. The second kappa shape index (κ2) is 6.83. The van der Waals surface area contributed by atoms with Gasteiger partial charge >= 0.3 is 0 Å². The Labute approximate surface area is 97.7 Å². The van der Waals surface area contributed by atoms with Crippen molar-refractivity contribution in [1.29, 1.82) is 0 Å². The molecule has 1 aliphatic rings. The van der Waals surface area contributed by atoms with E-state index in [0.29, 0.717) is 6.61 Å². The van der Waals surface area contributed by atoms with Gasteiger partial charge in [-0.1, -0.05) is 6.92 Å². The first-order valence-electron chi connectivity index (χ1n) is 5.92. The van der Waals surface area contributed by atoms with E-state index in [4.69, 9.17) is 4.74 Å². The Kier molecular flexibility index (Phi) is 5.73. The molecule has 0 radical (unpaired) electrons. The van der Waals surface area contributed by atoms with Gasteiger partial charge in [0.05, 0.1) is 6.61 Å². The zero-order valence-electron chi connectivity index (χ0n) is 10.5. The van der Waals surface area contributed by atoms with Crippen LogP contribution in [-0.4, -0.2) is 75.2 Å². The molecule has 94 valence electrons. The van der Waals surface area contributed by atoms with Crippen molar-refractivity contribution in [2.45, 2.75) is 13.0 Å². The Morgan fingerprint density at radius 2 is 2.38 bits per heavy atom. The molecule has 1 heterocycles. The molecule has 1 aliphatic heterocycles. The molecule has 1 atom stereocenters. The molecule has 16 heavy (non-hydrogen) atoms. The molecular weight excluding hydrogens is 206 g/mol. The number of ether oxygens (including phenoxy) is 1. The molecule has 1 unspecified atom stereocenters. The summed E-state index contributed by atoms with van der Waals surface area (Å²) >= 11 is 0. The minimum atomic E-state index is -0.282. The molecule has 0 bridgehead atoms. The van der Waals surface area contributed by atoms with E-state index in [-0.39, 0.29) is 12.0 Å². The molecule has 0 aromatic carbocycles. The fraction of sp³-hybridized carbons (Fsp3) is 0.909. The largest absolute Gasteiger partial charge is 0.366 e. The first-order valence-corrected chi connectivity index (χ1v) is 5.92. The van der Waals surface area contributed by atoms with Crippen LogP contribution in [0.1, 0.15) is 6.92 Å². The molecule has 1 N–H and O–H groups in total. The maximum atomic E-state index is 12.0. The summed E-state index contributed by atoms with van der Waals surface area (Å²) in [5, 5.41) is 3.03. The molecule has 0 saturated carbocycles. The lowest BCUT2D eigenvalue weighted by atomic mass is 10.2. The maximum absolute atomic E-state index is 12.0. The number of carbonyl (C=O) groups is 1. The third-order valence-corrected chi connectivity index (χ3v) is 2.95. The number of hydrogen-bond donors (Lipinski definition) is 1. The van der Waals surface area contributed by atoms with Crippen LogP contribution in [-0.2, 0) is 9.53 Å². The van der Waals surface area contributed by atoms with E-state index < -0.39 is 0 Å². The van der Waals surface area contributed by atoms with E-state index >= 15 is 0 Å². The van der Waals surface area contributed by atoms with Crippen LogP contribution in [0.15, 0.2) is 0 Å². The Bertz CT molecular complexity index is 223. The van der Waals surface area contributed by atoms with Gasteiger partial charge in [-0.15, -0.1) is 0 Å². The van der Waals surface area contributed by atoms with E-state index in [1.807, 2.05) is 14.1 Å². The lowest BCUT2D eigenvalue weighted by Crippen LogP contribution is -2.50. The van der Waals surface area contributed by atoms with Crippen molar-refractivity contribution in [3.05, 3.63) is 0 Å². The SMILES string of the molecule is CCN1CCOC(C(=O)N(C)CCNC)C1. The van der Waals surface area contributed by atoms with Crippen LogP contribution in [0.2, 0.25) is 0 Å². The summed E-state index contributed by atoms with van der Waals surface area (Å²) in [5.41, 5.74) is 0. The number of likely N-dealkylation sites (N-methyl/N-ethyl adjacent to an activating group) is 3. The van der Waals surface area contributed by atoms with Crippen LogP contribution in [0.25, 0.3) is 0 Å². The third-order valence-electron chi connectivity index (χ3n) is 2.95. The van der Waals surface area contributed by atoms with Crippen LogP contribution in [0, 0.1) is 0 Å². The zero-order chi connectivity index (χ0) is 12.0. The van der Waals surface area contributed by atoms with E-state index in [1.54, 1.807) is 4.90 Å². The Morgan fingerprint density at radius 3 is 3.00 bits per heavy atom. The molecule has 0 aromatic heterocycles. The molecule has 0 aliphatic carbocycles. The summed E-state index contributed by atoms with van der Waals surface area (Å²) in [4.78, 5) is 16.0. The van der Waals surface area contributed by atoms with Crippen LogP contribution >= 0.6 is 0 Å². The van der Waals surface area contributed by atoms with Gasteiger partial charge in [-0.2, -0.15) is 0 Å². The first-order chi connectivity index (χ1) is 7.69. The summed E-state index contributed by atoms with van der Waals surface area (Å²) in [5.74, 6) is 0.0911. The highest BCUT2D eigenvalue weighted by atomic mass is 16.5. The highest BCUT2D eigenvalue weighted by molar-refractivity contribution is 5.81. The van der Waals surface area contributed by atoms with Crippen LogP contribution in [0.3, 0.4) is 0 Å². The third kappa shape index (κ3) is 3.73. The number of morpholine rings is 1. The minimum Gasteiger partial charge on any atom is -0.366 e. The Morgan fingerprint density at radius 1 is 1.62 bits per heavy atom. The molecule has 1 amide bonds. The van der Waals surface area contributed by atoms with Gasteiger partial charge in [-0.05, 0) is 13.6 Å². The van der Waals surface area contributed by atoms with Crippen LogP contribution in [0.4, 0.5) is 0 Å². The number of nitrogens with one attached hydrogen (secondary N) is 1. The Balaban J connectivity index is 2.40. The molecule has 0 aromatic rings. The molecular formula is C11H23N3O2. The van der Waals surface area contributed by atoms with Gasteiger partial charge in [-0.3, -0.25) is 9.69 Å². The summed E-state index contributed by atoms with van der Waals surface area (Å²) in [6.07, 6.45) is -0.282. The van der Waals surface area contributed by atoms with Gasteiger partial charge in [-0.25, -0.2) is 0 Å². The summed E-state index contributed by atoms with van der Waals surface area (Å²) in [6, 6.07) is 0. The predicted molar refractivity (Wildman–Crippen MR) is 63.4 cm³/mol. The monoisotopic (exact) mass is 229 g/mol. The van der Waals surface area contributed by atoms with Gasteiger partial charge < -0.3 is 15.0 Å². The van der Waals surface area contributed by atoms with Crippen molar-refractivity contribution < 1.29 is 9.53 Å². The topological polar surface area (TPSA) is 44.8 Å². The van der Waals surface area contributed by atoms with Gasteiger partial charge in [0.15, 0.2) is 0 Å². The standard InChI is InChI=1S/C11H23N3O2/c1-4-14-7-8-16-10(9-14)11(15)13(3)6-5-12-2/h10,12H,4-9H2,1-3H3. The van der Waals surface area contributed by atoms with Crippen molar-refractivity contribution in [2.75, 3.05) is 53.4 Å². The number of nitrogens with zero attached hydrogens (tertiary/aromatic N) is 2. The average molecular weight is 229 g/mol. The maximum Gasteiger partial charge on any atom is 0.252 e. The molecule has 0 spiro atoms. The van der Waals surface area contributed by atoms with Crippen molar-refractivity contribution in [1.82, 2.24) is 15.1 Å². The predicted octanol–water partition coefficient (Wildman–Crippen LogP) is -0.615. The van der Waals surface area contributed by atoms with Crippen LogP contribution in [0.5, 0.6) is 0 Å². The van der Waals surface area contributed by atoms with Crippen molar-refractivity contribution >= 4 is 5.91 Å². The minimum absolute atomic E-state index is 0.0911. The van der Waals surface area contributed by atoms with Crippen molar-refractivity contribution in [2.24, 2.45) is 0 Å². The normalized spacial score (nSPS) is 22.1. The molecule has 1 saturated heterocycles. The molecule has 5 nitrogen and oxygen atoms in total. The first kappa shape index (κ1) is 13.4. The van der Waals surface area contributed by atoms with E-state index in [9.17, 15) is 4.79 Å². The lowest BCUT2D eigenvalue weighted by Gasteiger charge is -2.33. The summed E-state index contributed by atoms with van der Waals surface area (Å²) < 4.78 is 5.52. The molecule has 1 rings (SSSR count). The van der Waals surface area contributed by atoms with Gasteiger partial charge in [0.1, 0.15) is 6.10 Å². The van der Waals surface area contributed by atoms with Gasteiger partial charge in [0, 0.05) is 33.2 Å². The number of rotatable bonds is 5. The zero-order valence-corrected chi connectivity index (χ0v) is 10.5. The fourth-order valence-electron chi connectivity index (χ4n) is 1.77. The summed E-state index contributed by atoms with van der Waals surface area (Å²) in [6.45, 7) is 6.93. The highest BCUT2D eigenvalue weighted by Crippen LogP contribution is 2.07. The van der Waals surface area contributed by atoms with Crippen LogP contribution < -0.4 is 5.32 Å². The molecule has 1 fully saturated rings. The number of amides is 1. The van der Waals surface area contributed by atoms with E-state index in [0.717, 1.165) is 32.7 Å². The number of carbonyl (C=O) groups excluding carboxylic acids is 1. The van der Waals surface area contributed by atoms with Gasteiger partial charge in [0.25, 0.3) is 5.91 Å². The second-order valence-corrected chi connectivity index (χ2v) is 4.12. The smallest absolute Gasteiger partial charge is 0.252 e. The van der Waals surface area contributed by atoms with Crippen molar-refractivity contribution in [3.63, 3.8) is 0 Å². The molecule has 5 heteroatoms. The summed E-state index contributed by atoms with van der Waals surface area (Å²) in [7, 11) is 3.71. The van der Waals surface area contributed by atoms with E-state index in [2.05, 4.69) is 17.1 Å². The second-order valence-electron chi connectivity index (χ2n) is 4.12. The number of hydrogen-bond acceptors (Lipinski definition) is 4. The fourth-order valence-corrected chi connectivity index (χ4v) is 1.77. The van der Waals surface area contributed by atoms with Gasteiger partial charge in [0.2, 0.25) is 0 Å². The van der Waals surface area contributed by atoms with E-state index in [1.165, 1.54) is 0 Å².